The Morgan fingerprint density at radius 3 is 2.76 bits per heavy atom. The lowest BCUT2D eigenvalue weighted by molar-refractivity contribution is -0.122. The molecule has 1 aromatic carbocycles. The van der Waals surface area contributed by atoms with Gasteiger partial charge in [0.15, 0.2) is 12.0 Å². The van der Waals surface area contributed by atoms with Crippen LogP contribution in [0.15, 0.2) is 42.6 Å². The lowest BCUT2D eigenvalue weighted by Gasteiger charge is -2.32. The van der Waals surface area contributed by atoms with E-state index in [1.807, 2.05) is 42.7 Å². The van der Waals surface area contributed by atoms with E-state index in [4.69, 9.17) is 5.26 Å². The highest BCUT2D eigenvalue weighted by molar-refractivity contribution is 5.92. The SMILES string of the molecule is N#CNC1CC(C(=O)Nc2ccn(-c3ccccc3)n2)C1. The molecule has 1 fully saturated rings. The van der Waals surface area contributed by atoms with Crippen LogP contribution in [0, 0.1) is 17.4 Å². The van der Waals surface area contributed by atoms with Crippen molar-refractivity contribution in [3.8, 4) is 11.9 Å². The number of rotatable bonds is 4. The summed E-state index contributed by atoms with van der Waals surface area (Å²) in [5.74, 6) is 0.461. The Kier molecular flexibility index (Phi) is 3.56. The Balaban J connectivity index is 1.58. The van der Waals surface area contributed by atoms with E-state index in [0.29, 0.717) is 18.7 Å². The fourth-order valence-corrected chi connectivity index (χ4v) is 2.38. The summed E-state index contributed by atoms with van der Waals surface area (Å²) in [6.07, 6.45) is 5.10. The van der Waals surface area contributed by atoms with Gasteiger partial charge >= 0.3 is 0 Å². The van der Waals surface area contributed by atoms with Gasteiger partial charge in [0.25, 0.3) is 0 Å². The lowest BCUT2D eigenvalue weighted by Crippen LogP contribution is -2.44. The summed E-state index contributed by atoms with van der Waals surface area (Å²) in [5, 5.41) is 18.3. The van der Waals surface area contributed by atoms with Gasteiger partial charge in [-0.1, -0.05) is 18.2 Å². The summed E-state index contributed by atoms with van der Waals surface area (Å²) in [5.41, 5.74) is 0.944. The molecule has 0 bridgehead atoms. The summed E-state index contributed by atoms with van der Waals surface area (Å²) in [4.78, 5) is 12.0. The van der Waals surface area contributed by atoms with Gasteiger partial charge in [0.2, 0.25) is 5.91 Å². The van der Waals surface area contributed by atoms with Gasteiger partial charge in [0.1, 0.15) is 0 Å². The van der Waals surface area contributed by atoms with Crippen molar-refractivity contribution in [3.63, 3.8) is 0 Å². The zero-order chi connectivity index (χ0) is 14.7. The third-order valence-electron chi connectivity index (χ3n) is 3.64. The van der Waals surface area contributed by atoms with Gasteiger partial charge in [-0.05, 0) is 25.0 Å². The monoisotopic (exact) mass is 281 g/mol. The van der Waals surface area contributed by atoms with Crippen LogP contribution in [0.1, 0.15) is 12.8 Å². The standard InChI is InChI=1S/C15H15N5O/c16-10-17-12-8-11(9-12)15(21)18-14-6-7-20(19-14)13-4-2-1-3-5-13/h1-7,11-12,17H,8-9H2,(H,18,19,21). The van der Waals surface area contributed by atoms with E-state index >= 15 is 0 Å². The maximum atomic E-state index is 12.0. The summed E-state index contributed by atoms with van der Waals surface area (Å²) < 4.78 is 1.72. The summed E-state index contributed by atoms with van der Waals surface area (Å²) in [7, 11) is 0. The Morgan fingerprint density at radius 2 is 2.05 bits per heavy atom. The van der Waals surface area contributed by atoms with Crippen molar-refractivity contribution in [2.75, 3.05) is 5.32 Å². The van der Waals surface area contributed by atoms with E-state index in [1.165, 1.54) is 0 Å². The summed E-state index contributed by atoms with van der Waals surface area (Å²) >= 11 is 0. The molecule has 0 radical (unpaired) electrons. The maximum absolute atomic E-state index is 12.0. The number of nitrogens with zero attached hydrogens (tertiary/aromatic N) is 3. The number of nitrogens with one attached hydrogen (secondary N) is 2. The Hall–Kier alpha value is -2.81. The number of hydrogen-bond donors (Lipinski definition) is 2. The topological polar surface area (TPSA) is 82.7 Å². The van der Waals surface area contributed by atoms with E-state index in [1.54, 1.807) is 10.7 Å². The van der Waals surface area contributed by atoms with Gasteiger partial charge in [-0.3, -0.25) is 4.79 Å². The van der Waals surface area contributed by atoms with Gasteiger partial charge in [0, 0.05) is 24.2 Å². The number of nitriles is 1. The van der Waals surface area contributed by atoms with Crippen molar-refractivity contribution in [3.05, 3.63) is 42.6 Å². The van der Waals surface area contributed by atoms with Crippen LogP contribution in [-0.4, -0.2) is 21.7 Å². The Morgan fingerprint density at radius 1 is 1.29 bits per heavy atom. The number of carbonyl (C=O) groups is 1. The Labute approximate surface area is 122 Å². The van der Waals surface area contributed by atoms with Gasteiger partial charge < -0.3 is 10.6 Å². The largest absolute Gasteiger partial charge is 0.321 e. The van der Waals surface area contributed by atoms with E-state index in [2.05, 4.69) is 15.7 Å². The van der Waals surface area contributed by atoms with Crippen LogP contribution in [0.3, 0.4) is 0 Å². The smallest absolute Gasteiger partial charge is 0.228 e. The highest BCUT2D eigenvalue weighted by Gasteiger charge is 2.34. The zero-order valence-corrected chi connectivity index (χ0v) is 11.4. The first-order valence-electron chi connectivity index (χ1n) is 6.83. The van der Waals surface area contributed by atoms with Crippen molar-refractivity contribution < 1.29 is 4.79 Å². The molecule has 1 aliphatic rings. The fourth-order valence-electron chi connectivity index (χ4n) is 2.38. The van der Waals surface area contributed by atoms with Crippen LogP contribution in [0.2, 0.25) is 0 Å². The van der Waals surface area contributed by atoms with Crippen molar-refractivity contribution in [1.29, 1.82) is 5.26 Å². The molecule has 0 atom stereocenters. The predicted molar refractivity (Wildman–Crippen MR) is 77.5 cm³/mol. The average Bonchev–Trinajstić information content (AvgIpc) is 2.91. The number of benzene rings is 1. The van der Waals surface area contributed by atoms with Crippen LogP contribution in [0.4, 0.5) is 5.82 Å². The highest BCUT2D eigenvalue weighted by atomic mass is 16.2. The molecule has 0 saturated heterocycles. The number of para-hydroxylation sites is 1. The number of aromatic nitrogens is 2. The molecule has 1 aromatic heterocycles. The molecule has 2 N–H and O–H groups in total. The molecular formula is C15H15N5O. The molecule has 6 nitrogen and oxygen atoms in total. The van der Waals surface area contributed by atoms with Crippen molar-refractivity contribution >= 4 is 11.7 Å². The van der Waals surface area contributed by atoms with Gasteiger partial charge in [0.05, 0.1) is 5.69 Å². The first kappa shape index (κ1) is 13.2. The molecule has 1 saturated carbocycles. The fraction of sp³-hybridized carbons (Fsp3) is 0.267. The second kappa shape index (κ2) is 5.67. The zero-order valence-electron chi connectivity index (χ0n) is 11.4. The predicted octanol–water partition coefficient (Wildman–Crippen LogP) is 1.66. The lowest BCUT2D eigenvalue weighted by atomic mass is 9.80. The third kappa shape index (κ3) is 2.87. The molecule has 21 heavy (non-hydrogen) atoms. The first-order valence-corrected chi connectivity index (χ1v) is 6.83. The number of hydrogen-bond acceptors (Lipinski definition) is 4. The van der Waals surface area contributed by atoms with Crippen LogP contribution < -0.4 is 10.6 Å². The average molecular weight is 281 g/mol. The summed E-state index contributed by atoms with van der Waals surface area (Å²) in [6, 6.07) is 11.6. The highest BCUT2D eigenvalue weighted by Crippen LogP contribution is 2.28. The number of amides is 1. The number of carbonyl (C=O) groups excluding carboxylic acids is 1. The van der Waals surface area contributed by atoms with Crippen molar-refractivity contribution in [2.45, 2.75) is 18.9 Å². The summed E-state index contributed by atoms with van der Waals surface area (Å²) in [6.45, 7) is 0. The second-order valence-corrected chi connectivity index (χ2v) is 5.09. The van der Waals surface area contributed by atoms with E-state index in [9.17, 15) is 4.79 Å². The molecule has 6 heteroatoms. The molecule has 106 valence electrons. The van der Waals surface area contributed by atoms with E-state index in [0.717, 1.165) is 5.69 Å². The number of anilines is 1. The minimum Gasteiger partial charge on any atom is -0.321 e. The van der Waals surface area contributed by atoms with E-state index < -0.39 is 0 Å². The molecule has 1 aliphatic carbocycles. The molecule has 2 aromatic rings. The Bertz CT molecular complexity index is 667. The van der Waals surface area contributed by atoms with Crippen molar-refractivity contribution in [2.24, 2.45) is 5.92 Å². The van der Waals surface area contributed by atoms with Crippen LogP contribution in [0.25, 0.3) is 5.69 Å². The quantitative estimate of drug-likeness (QED) is 0.659. The van der Waals surface area contributed by atoms with Gasteiger partial charge in [-0.2, -0.15) is 10.4 Å². The minimum atomic E-state index is -0.0438. The normalized spacial score (nSPS) is 20.1. The molecule has 3 rings (SSSR count). The first-order chi connectivity index (χ1) is 10.3. The molecule has 1 amide bonds. The molecule has 1 heterocycles. The second-order valence-electron chi connectivity index (χ2n) is 5.09. The maximum Gasteiger partial charge on any atom is 0.228 e. The minimum absolute atomic E-state index is 0.0377. The van der Waals surface area contributed by atoms with Gasteiger partial charge in [-0.15, -0.1) is 0 Å². The molecular weight excluding hydrogens is 266 g/mol. The van der Waals surface area contributed by atoms with Crippen LogP contribution in [0.5, 0.6) is 0 Å². The van der Waals surface area contributed by atoms with Crippen molar-refractivity contribution in [1.82, 2.24) is 15.1 Å². The molecule has 0 aliphatic heterocycles. The van der Waals surface area contributed by atoms with Gasteiger partial charge in [-0.25, -0.2) is 4.68 Å². The van der Waals surface area contributed by atoms with Crippen LogP contribution in [-0.2, 0) is 4.79 Å². The van der Waals surface area contributed by atoms with E-state index in [-0.39, 0.29) is 17.9 Å². The molecule has 0 spiro atoms. The third-order valence-corrected chi connectivity index (χ3v) is 3.64. The molecule has 0 unspecified atom stereocenters. The van der Waals surface area contributed by atoms with Crippen LogP contribution >= 0.6 is 0 Å².